The molecule has 0 aromatic carbocycles. The second kappa shape index (κ2) is 19.2. The summed E-state index contributed by atoms with van der Waals surface area (Å²) in [7, 11) is 0. The van der Waals surface area contributed by atoms with Crippen LogP contribution in [0.5, 0.6) is 0 Å². The van der Waals surface area contributed by atoms with Gasteiger partial charge in [0.2, 0.25) is 23.6 Å². The van der Waals surface area contributed by atoms with Crippen LogP contribution in [0.15, 0.2) is 0 Å². The minimum Gasteiger partial charge on any atom is -0.356 e. The first-order valence-corrected chi connectivity index (χ1v) is 14.4. The molecule has 212 valence electrons. The van der Waals surface area contributed by atoms with E-state index in [-0.39, 0.29) is 44.3 Å². The van der Waals surface area contributed by atoms with E-state index in [2.05, 4.69) is 5.32 Å². The number of nitrogens with zero attached hydrogens (tertiary/aromatic N) is 2. The lowest BCUT2D eigenvalue weighted by molar-refractivity contribution is -0.140. The first-order chi connectivity index (χ1) is 17.0. The number of carbonyl (C=O) groups excluding carboxylic acids is 4. The zero-order valence-corrected chi connectivity index (χ0v) is 23.1. The molecule has 0 spiro atoms. The maximum absolute atomic E-state index is 12.5. The van der Waals surface area contributed by atoms with Crippen molar-refractivity contribution in [3.63, 3.8) is 0 Å². The SMILES string of the molecule is C.CC.CC.CC1CC(=O)N(CC2CCC(C(=O)NCCCCCC(=O)N3CCCCC3)CC2)C1=O.[HH]. The fourth-order valence-corrected chi connectivity index (χ4v) is 5.14. The van der Waals surface area contributed by atoms with E-state index in [1.54, 1.807) is 0 Å². The number of hydrogen-bond acceptors (Lipinski definition) is 4. The van der Waals surface area contributed by atoms with Crippen molar-refractivity contribution >= 4 is 23.6 Å². The normalized spacial score (nSPS) is 23.5. The van der Waals surface area contributed by atoms with Gasteiger partial charge in [0.15, 0.2) is 0 Å². The largest absolute Gasteiger partial charge is 0.356 e. The van der Waals surface area contributed by atoms with Crippen LogP contribution in [0.4, 0.5) is 0 Å². The zero-order valence-electron chi connectivity index (χ0n) is 23.1. The lowest BCUT2D eigenvalue weighted by Gasteiger charge is -2.30. The van der Waals surface area contributed by atoms with Gasteiger partial charge in [-0.15, -0.1) is 0 Å². The highest BCUT2D eigenvalue weighted by Crippen LogP contribution is 2.31. The molecule has 0 aromatic heterocycles. The second-order valence-electron chi connectivity index (χ2n) is 9.71. The van der Waals surface area contributed by atoms with Gasteiger partial charge in [-0.05, 0) is 63.7 Å². The van der Waals surface area contributed by atoms with Crippen molar-refractivity contribution in [2.75, 3.05) is 26.2 Å². The summed E-state index contributed by atoms with van der Waals surface area (Å²) in [5.41, 5.74) is 0. The van der Waals surface area contributed by atoms with Crippen LogP contribution in [0, 0.1) is 17.8 Å². The molecular weight excluding hydrogens is 454 g/mol. The molecule has 2 heterocycles. The van der Waals surface area contributed by atoms with Crippen molar-refractivity contribution in [3.05, 3.63) is 0 Å². The van der Waals surface area contributed by atoms with E-state index in [0.717, 1.165) is 70.9 Å². The predicted octanol–water partition coefficient (Wildman–Crippen LogP) is 5.81. The Morgan fingerprint density at radius 3 is 2.08 bits per heavy atom. The maximum Gasteiger partial charge on any atom is 0.232 e. The number of hydrogen-bond donors (Lipinski definition) is 1. The first kappa shape index (κ1) is 34.1. The van der Waals surface area contributed by atoms with Crippen LogP contribution in [0.3, 0.4) is 0 Å². The molecule has 2 saturated heterocycles. The van der Waals surface area contributed by atoms with Crippen molar-refractivity contribution in [2.24, 2.45) is 17.8 Å². The van der Waals surface area contributed by atoms with E-state index in [9.17, 15) is 19.2 Å². The molecule has 0 bridgehead atoms. The Hall–Kier alpha value is -1.92. The first-order valence-electron chi connectivity index (χ1n) is 14.4. The van der Waals surface area contributed by atoms with Gasteiger partial charge in [0.25, 0.3) is 0 Å². The lowest BCUT2D eigenvalue weighted by Crippen LogP contribution is -2.38. The summed E-state index contributed by atoms with van der Waals surface area (Å²) in [6, 6.07) is 0. The third kappa shape index (κ3) is 11.0. The van der Waals surface area contributed by atoms with Crippen LogP contribution in [0.1, 0.15) is 121 Å². The van der Waals surface area contributed by atoms with Gasteiger partial charge in [-0.1, -0.05) is 48.5 Å². The smallest absolute Gasteiger partial charge is 0.232 e. The molecule has 3 rings (SSSR count). The van der Waals surface area contributed by atoms with Gasteiger partial charge >= 0.3 is 0 Å². The lowest BCUT2D eigenvalue weighted by atomic mass is 9.81. The standard InChI is InChI=1S/C24H39N3O4.2C2H6.CH4.H2/c1-18-16-22(29)27(24(18)31)17-19-9-11-20(12-10-19)23(30)25-13-5-2-4-8-21(28)26-14-6-3-7-15-26;2*1-2;;/h18-20H,2-17H2,1H3,(H,25,30);2*1-2H3;1H4;1H. The van der Waals surface area contributed by atoms with Crippen molar-refractivity contribution < 1.29 is 20.6 Å². The fourth-order valence-electron chi connectivity index (χ4n) is 5.14. The molecule has 3 aliphatic rings. The minimum absolute atomic E-state index is 0. The summed E-state index contributed by atoms with van der Waals surface area (Å²) in [6.45, 7) is 12.8. The third-order valence-electron chi connectivity index (χ3n) is 7.20. The van der Waals surface area contributed by atoms with E-state index >= 15 is 0 Å². The Labute approximate surface area is 222 Å². The highest BCUT2D eigenvalue weighted by Gasteiger charge is 2.37. The third-order valence-corrected chi connectivity index (χ3v) is 7.20. The van der Waals surface area contributed by atoms with Crippen LogP contribution >= 0.6 is 0 Å². The second-order valence-corrected chi connectivity index (χ2v) is 9.71. The number of piperidine rings is 1. The molecule has 3 fully saturated rings. The highest BCUT2D eigenvalue weighted by molar-refractivity contribution is 6.03. The number of unbranched alkanes of at least 4 members (excludes halogenated alkanes) is 2. The molecule has 1 aliphatic carbocycles. The molecule has 1 saturated carbocycles. The van der Waals surface area contributed by atoms with Crippen LogP contribution in [-0.4, -0.2) is 59.6 Å². The molecule has 36 heavy (non-hydrogen) atoms. The van der Waals surface area contributed by atoms with E-state index in [1.807, 2.05) is 39.5 Å². The molecule has 4 amide bonds. The number of carbonyl (C=O) groups is 4. The number of amides is 4. The van der Waals surface area contributed by atoms with Gasteiger partial charge < -0.3 is 10.2 Å². The van der Waals surface area contributed by atoms with Gasteiger partial charge in [-0.2, -0.15) is 0 Å². The summed E-state index contributed by atoms with van der Waals surface area (Å²) in [6.07, 6.45) is 10.7. The molecule has 1 N–H and O–H groups in total. The van der Waals surface area contributed by atoms with Gasteiger partial charge in [-0.25, -0.2) is 0 Å². The maximum atomic E-state index is 12.5. The van der Waals surface area contributed by atoms with Crippen molar-refractivity contribution in [2.45, 2.75) is 119 Å². The van der Waals surface area contributed by atoms with Crippen LogP contribution in [-0.2, 0) is 19.2 Å². The molecular formula is C29H57N3O4. The zero-order chi connectivity index (χ0) is 26.2. The summed E-state index contributed by atoms with van der Waals surface area (Å²) in [4.78, 5) is 52.1. The minimum atomic E-state index is -0.183. The molecule has 7 nitrogen and oxygen atoms in total. The Balaban J connectivity index is 0. The van der Waals surface area contributed by atoms with Gasteiger partial charge in [0, 0.05) is 52.3 Å². The van der Waals surface area contributed by atoms with E-state index < -0.39 is 0 Å². The Kier molecular flexibility index (Phi) is 18.2. The average molecular weight is 512 g/mol. The molecule has 0 radical (unpaired) electrons. The fraction of sp³-hybridized carbons (Fsp3) is 0.862. The summed E-state index contributed by atoms with van der Waals surface area (Å²) in [5, 5.41) is 3.06. The van der Waals surface area contributed by atoms with Gasteiger partial charge in [0.05, 0.1) is 0 Å². The Morgan fingerprint density at radius 1 is 0.917 bits per heavy atom. The van der Waals surface area contributed by atoms with E-state index in [0.29, 0.717) is 31.8 Å². The van der Waals surface area contributed by atoms with Crippen LogP contribution < -0.4 is 5.32 Å². The summed E-state index contributed by atoms with van der Waals surface area (Å²) < 4.78 is 0. The topological polar surface area (TPSA) is 86.8 Å². The van der Waals surface area contributed by atoms with E-state index in [1.165, 1.54) is 11.3 Å². The quantitative estimate of drug-likeness (QED) is 0.312. The molecule has 1 unspecified atom stereocenters. The number of imide groups is 1. The van der Waals surface area contributed by atoms with Gasteiger partial charge in [0.1, 0.15) is 0 Å². The highest BCUT2D eigenvalue weighted by atomic mass is 16.2. The number of rotatable bonds is 9. The molecule has 1 atom stereocenters. The van der Waals surface area contributed by atoms with Crippen molar-refractivity contribution in [1.82, 2.24) is 15.1 Å². The van der Waals surface area contributed by atoms with E-state index in [4.69, 9.17) is 0 Å². The summed E-state index contributed by atoms with van der Waals surface area (Å²) in [5.74, 6) is 0.507. The molecule has 2 aliphatic heterocycles. The van der Waals surface area contributed by atoms with Gasteiger partial charge in [-0.3, -0.25) is 24.1 Å². The number of likely N-dealkylation sites (tertiary alicyclic amines) is 2. The molecule has 0 aromatic rings. The number of nitrogens with one attached hydrogen (secondary N) is 1. The van der Waals surface area contributed by atoms with Crippen LogP contribution in [0.2, 0.25) is 0 Å². The Bertz CT molecular complexity index is 660. The van der Waals surface area contributed by atoms with Crippen LogP contribution in [0.25, 0.3) is 0 Å². The molecule has 7 heteroatoms. The Morgan fingerprint density at radius 2 is 1.53 bits per heavy atom. The van der Waals surface area contributed by atoms with Crippen molar-refractivity contribution in [3.8, 4) is 0 Å². The summed E-state index contributed by atoms with van der Waals surface area (Å²) >= 11 is 0. The van der Waals surface area contributed by atoms with Crippen molar-refractivity contribution in [1.29, 1.82) is 0 Å². The predicted molar refractivity (Wildman–Crippen MR) is 149 cm³/mol. The average Bonchev–Trinajstić information content (AvgIpc) is 3.14. The monoisotopic (exact) mass is 511 g/mol.